The standard InChI is InChI=1S/C24H35N5O2/c1-19(2)8-7-9-20(3)25-23(30)18-29-24(31)13-12-22(26-29)28-16-14-27(15-17-28)21-10-5-4-6-11-21/h4-6,10-13,19-20H,7-9,14-18H2,1-3H3,(H,25,30). The molecule has 1 amide bonds. The number of aromatic nitrogens is 2. The van der Waals surface area contributed by atoms with Crippen molar-refractivity contribution in [2.45, 2.75) is 52.6 Å². The molecule has 0 radical (unpaired) electrons. The quantitative estimate of drug-likeness (QED) is 0.669. The van der Waals surface area contributed by atoms with Crippen LogP contribution in [0.3, 0.4) is 0 Å². The van der Waals surface area contributed by atoms with Crippen LogP contribution in [0.5, 0.6) is 0 Å². The highest BCUT2D eigenvalue weighted by Crippen LogP contribution is 2.18. The molecular formula is C24H35N5O2. The van der Waals surface area contributed by atoms with Gasteiger partial charge in [0, 0.05) is 44.0 Å². The Morgan fingerprint density at radius 3 is 2.32 bits per heavy atom. The lowest BCUT2D eigenvalue weighted by atomic mass is 10.0. The topological polar surface area (TPSA) is 70.5 Å². The molecule has 1 fully saturated rings. The molecule has 7 nitrogen and oxygen atoms in total. The predicted octanol–water partition coefficient (Wildman–Crippen LogP) is 2.90. The maximum absolute atomic E-state index is 12.4. The number of para-hydroxylation sites is 1. The lowest BCUT2D eigenvalue weighted by Crippen LogP contribution is -2.47. The van der Waals surface area contributed by atoms with Gasteiger partial charge in [0.05, 0.1) is 0 Å². The number of carbonyl (C=O) groups is 1. The van der Waals surface area contributed by atoms with Crippen molar-refractivity contribution in [2.75, 3.05) is 36.0 Å². The van der Waals surface area contributed by atoms with Crippen LogP contribution in [0, 0.1) is 5.92 Å². The number of nitrogens with one attached hydrogen (secondary N) is 1. The zero-order chi connectivity index (χ0) is 22.2. The van der Waals surface area contributed by atoms with Gasteiger partial charge in [0.15, 0.2) is 0 Å². The summed E-state index contributed by atoms with van der Waals surface area (Å²) >= 11 is 0. The molecule has 1 aromatic carbocycles. The van der Waals surface area contributed by atoms with Crippen molar-refractivity contribution in [1.29, 1.82) is 0 Å². The van der Waals surface area contributed by atoms with Crippen molar-refractivity contribution in [1.82, 2.24) is 15.1 Å². The summed E-state index contributed by atoms with van der Waals surface area (Å²) in [6.45, 7) is 9.78. The third-order valence-electron chi connectivity index (χ3n) is 5.70. The number of anilines is 2. The van der Waals surface area contributed by atoms with Gasteiger partial charge in [-0.25, -0.2) is 4.68 Å². The third kappa shape index (κ3) is 6.84. The van der Waals surface area contributed by atoms with Crippen molar-refractivity contribution in [3.05, 3.63) is 52.8 Å². The van der Waals surface area contributed by atoms with Crippen molar-refractivity contribution in [3.8, 4) is 0 Å². The highest BCUT2D eigenvalue weighted by molar-refractivity contribution is 5.75. The molecule has 1 unspecified atom stereocenters. The van der Waals surface area contributed by atoms with E-state index in [1.165, 1.54) is 16.4 Å². The number of benzene rings is 1. The summed E-state index contributed by atoms with van der Waals surface area (Å²) in [4.78, 5) is 29.2. The summed E-state index contributed by atoms with van der Waals surface area (Å²) in [5.41, 5.74) is 0.966. The van der Waals surface area contributed by atoms with E-state index in [0.29, 0.717) is 5.92 Å². The lowest BCUT2D eigenvalue weighted by molar-refractivity contribution is -0.122. The Kier molecular flexibility index (Phi) is 8.09. The van der Waals surface area contributed by atoms with Gasteiger partial charge in [-0.1, -0.05) is 44.9 Å². The van der Waals surface area contributed by atoms with E-state index in [-0.39, 0.29) is 24.1 Å². The SMILES string of the molecule is CC(C)CCCC(C)NC(=O)Cn1nc(N2CCN(c3ccccc3)CC2)ccc1=O. The maximum atomic E-state index is 12.4. The second-order valence-corrected chi connectivity index (χ2v) is 8.79. The largest absolute Gasteiger partial charge is 0.368 e. The molecule has 1 aromatic heterocycles. The summed E-state index contributed by atoms with van der Waals surface area (Å²) in [7, 11) is 0. The van der Waals surface area contributed by atoms with Crippen LogP contribution in [-0.4, -0.2) is 47.9 Å². The van der Waals surface area contributed by atoms with E-state index in [4.69, 9.17) is 0 Å². The molecule has 0 spiro atoms. The average molecular weight is 426 g/mol. The molecular weight excluding hydrogens is 390 g/mol. The van der Waals surface area contributed by atoms with Crippen molar-refractivity contribution < 1.29 is 4.79 Å². The lowest BCUT2D eigenvalue weighted by Gasteiger charge is -2.36. The number of hydrogen-bond acceptors (Lipinski definition) is 5. The molecule has 1 N–H and O–H groups in total. The molecule has 0 saturated carbocycles. The normalized spacial score (nSPS) is 15.2. The Morgan fingerprint density at radius 2 is 1.65 bits per heavy atom. The van der Waals surface area contributed by atoms with E-state index in [1.807, 2.05) is 13.0 Å². The second kappa shape index (κ2) is 11.0. The van der Waals surface area contributed by atoms with Gasteiger partial charge < -0.3 is 15.1 Å². The number of piperazine rings is 1. The van der Waals surface area contributed by atoms with Crippen LogP contribution in [0.4, 0.5) is 11.5 Å². The molecule has 0 bridgehead atoms. The first-order valence-corrected chi connectivity index (χ1v) is 11.3. The van der Waals surface area contributed by atoms with E-state index in [1.54, 1.807) is 6.07 Å². The molecule has 7 heteroatoms. The molecule has 1 aliphatic rings. The summed E-state index contributed by atoms with van der Waals surface area (Å²) in [6, 6.07) is 13.7. The Morgan fingerprint density at radius 1 is 0.968 bits per heavy atom. The highest BCUT2D eigenvalue weighted by Gasteiger charge is 2.19. The minimum Gasteiger partial charge on any atom is -0.368 e. The number of carbonyl (C=O) groups excluding carboxylic acids is 1. The summed E-state index contributed by atoms with van der Waals surface area (Å²) in [5, 5.41) is 7.47. The fourth-order valence-corrected chi connectivity index (χ4v) is 3.91. The van der Waals surface area contributed by atoms with Gasteiger partial charge in [-0.15, -0.1) is 0 Å². The molecule has 168 valence electrons. The fraction of sp³-hybridized carbons (Fsp3) is 0.542. The first kappa shape index (κ1) is 22.8. The van der Waals surface area contributed by atoms with Crippen LogP contribution in [0.2, 0.25) is 0 Å². The van der Waals surface area contributed by atoms with Gasteiger partial charge in [0.2, 0.25) is 5.91 Å². The Hall–Kier alpha value is -2.83. The Labute approximate surface area is 185 Å². The third-order valence-corrected chi connectivity index (χ3v) is 5.70. The maximum Gasteiger partial charge on any atom is 0.267 e. The van der Waals surface area contributed by atoms with Crippen LogP contribution >= 0.6 is 0 Å². The summed E-state index contributed by atoms with van der Waals surface area (Å²) in [5.74, 6) is 1.24. The molecule has 1 aliphatic heterocycles. The smallest absolute Gasteiger partial charge is 0.267 e. The van der Waals surface area contributed by atoms with Crippen molar-refractivity contribution in [3.63, 3.8) is 0 Å². The van der Waals surface area contributed by atoms with Gasteiger partial charge in [0.1, 0.15) is 12.4 Å². The van der Waals surface area contributed by atoms with E-state index < -0.39 is 0 Å². The first-order valence-electron chi connectivity index (χ1n) is 11.3. The van der Waals surface area contributed by atoms with Gasteiger partial charge in [-0.2, -0.15) is 5.10 Å². The van der Waals surface area contributed by atoms with Gasteiger partial charge in [-0.3, -0.25) is 9.59 Å². The second-order valence-electron chi connectivity index (χ2n) is 8.79. The van der Waals surface area contributed by atoms with Gasteiger partial charge in [0.25, 0.3) is 5.56 Å². The van der Waals surface area contributed by atoms with E-state index >= 15 is 0 Å². The number of amides is 1. The van der Waals surface area contributed by atoms with Crippen LogP contribution in [-0.2, 0) is 11.3 Å². The van der Waals surface area contributed by atoms with E-state index in [0.717, 1.165) is 51.3 Å². The van der Waals surface area contributed by atoms with Crippen LogP contribution < -0.4 is 20.7 Å². The fourth-order valence-electron chi connectivity index (χ4n) is 3.91. The van der Waals surface area contributed by atoms with E-state index in [9.17, 15) is 9.59 Å². The molecule has 2 aromatic rings. The van der Waals surface area contributed by atoms with Crippen LogP contribution in [0.15, 0.2) is 47.3 Å². The van der Waals surface area contributed by atoms with Crippen molar-refractivity contribution in [2.24, 2.45) is 5.92 Å². The highest BCUT2D eigenvalue weighted by atomic mass is 16.2. The molecule has 1 atom stereocenters. The minimum atomic E-state index is -0.255. The zero-order valence-electron chi connectivity index (χ0n) is 19.0. The Bertz CT molecular complexity index is 888. The number of nitrogens with zero attached hydrogens (tertiary/aromatic N) is 4. The first-order chi connectivity index (χ1) is 14.9. The summed E-state index contributed by atoms with van der Waals surface area (Å²) in [6.07, 6.45) is 3.18. The molecule has 31 heavy (non-hydrogen) atoms. The molecule has 1 saturated heterocycles. The number of rotatable bonds is 9. The van der Waals surface area contributed by atoms with E-state index in [2.05, 4.69) is 58.3 Å². The van der Waals surface area contributed by atoms with Gasteiger partial charge in [-0.05, 0) is 37.5 Å². The van der Waals surface area contributed by atoms with Gasteiger partial charge >= 0.3 is 0 Å². The summed E-state index contributed by atoms with van der Waals surface area (Å²) < 4.78 is 1.27. The van der Waals surface area contributed by atoms with Crippen LogP contribution in [0.25, 0.3) is 0 Å². The zero-order valence-corrected chi connectivity index (χ0v) is 19.0. The Balaban J connectivity index is 1.54. The predicted molar refractivity (Wildman–Crippen MR) is 126 cm³/mol. The van der Waals surface area contributed by atoms with Crippen molar-refractivity contribution >= 4 is 17.4 Å². The molecule has 3 rings (SSSR count). The van der Waals surface area contributed by atoms with Crippen LogP contribution in [0.1, 0.15) is 40.0 Å². The molecule has 2 heterocycles. The number of hydrogen-bond donors (Lipinski definition) is 1. The monoisotopic (exact) mass is 425 g/mol. The molecule has 0 aliphatic carbocycles. The average Bonchev–Trinajstić information content (AvgIpc) is 2.75. The minimum absolute atomic E-state index is 0.0504.